The van der Waals surface area contributed by atoms with Crippen molar-refractivity contribution in [2.45, 2.75) is 6.92 Å². The van der Waals surface area contributed by atoms with E-state index in [0.717, 1.165) is 16.7 Å². The van der Waals surface area contributed by atoms with Crippen LogP contribution in [0, 0.1) is 12.7 Å². The first-order chi connectivity index (χ1) is 9.43. The molecule has 2 aromatic carbocycles. The van der Waals surface area contributed by atoms with Gasteiger partial charge in [-0.05, 0) is 47.9 Å². The van der Waals surface area contributed by atoms with Crippen LogP contribution in [0.4, 0.5) is 10.1 Å². The molecule has 0 fully saturated rings. The van der Waals surface area contributed by atoms with Crippen molar-refractivity contribution in [1.82, 2.24) is 0 Å². The third-order valence-electron chi connectivity index (χ3n) is 3.03. The molecule has 0 aliphatic carbocycles. The lowest BCUT2D eigenvalue weighted by Gasteiger charge is -2.11. The summed E-state index contributed by atoms with van der Waals surface area (Å²) < 4.78 is 17.9. The van der Waals surface area contributed by atoms with E-state index in [1.165, 1.54) is 19.2 Å². The number of hydrogen-bond donors (Lipinski definition) is 1. The molecule has 0 aromatic heterocycles. The normalized spacial score (nSPS) is 10.4. The van der Waals surface area contributed by atoms with Gasteiger partial charge in [0.2, 0.25) is 0 Å². The van der Waals surface area contributed by atoms with E-state index >= 15 is 0 Å². The second-order valence-electron chi connectivity index (χ2n) is 4.37. The molecule has 0 bridgehead atoms. The minimum absolute atomic E-state index is 0.0394. The highest BCUT2D eigenvalue weighted by Gasteiger charge is 2.14. The van der Waals surface area contributed by atoms with Crippen molar-refractivity contribution in [3.8, 4) is 11.1 Å². The minimum Gasteiger partial charge on any atom is -0.465 e. The van der Waals surface area contributed by atoms with Gasteiger partial charge in [0, 0.05) is 5.69 Å². The number of esters is 1. The van der Waals surface area contributed by atoms with Crippen molar-refractivity contribution in [2.75, 3.05) is 12.8 Å². The van der Waals surface area contributed by atoms with Crippen molar-refractivity contribution in [3.63, 3.8) is 0 Å². The fraction of sp³-hybridized carbons (Fsp3) is 0.133. The van der Waals surface area contributed by atoms with Crippen LogP contribution in [0.25, 0.3) is 11.1 Å². The third kappa shape index (κ3) is 2.60. The Morgan fingerprint density at radius 2 is 2.00 bits per heavy atom. The van der Waals surface area contributed by atoms with Crippen molar-refractivity contribution < 1.29 is 13.9 Å². The fourth-order valence-electron chi connectivity index (χ4n) is 1.99. The van der Waals surface area contributed by atoms with Crippen molar-refractivity contribution >= 4 is 23.3 Å². The van der Waals surface area contributed by atoms with E-state index in [4.69, 9.17) is 17.3 Å². The highest BCUT2D eigenvalue weighted by Crippen LogP contribution is 2.30. The van der Waals surface area contributed by atoms with Gasteiger partial charge in [0.15, 0.2) is 0 Å². The number of halogens is 2. The smallest absolute Gasteiger partial charge is 0.339 e. The van der Waals surface area contributed by atoms with Crippen molar-refractivity contribution in [1.29, 1.82) is 0 Å². The first-order valence-electron chi connectivity index (χ1n) is 5.88. The Hall–Kier alpha value is -2.07. The van der Waals surface area contributed by atoms with Gasteiger partial charge in [0.05, 0.1) is 17.7 Å². The number of methoxy groups -OCH3 is 1. The quantitative estimate of drug-likeness (QED) is 0.676. The van der Waals surface area contributed by atoms with Crippen molar-refractivity contribution in [3.05, 3.63) is 52.3 Å². The Labute approximate surface area is 121 Å². The molecule has 2 aromatic rings. The van der Waals surface area contributed by atoms with Gasteiger partial charge in [0.1, 0.15) is 5.82 Å². The summed E-state index contributed by atoms with van der Waals surface area (Å²) in [5.41, 5.74) is 8.82. The first-order valence-corrected chi connectivity index (χ1v) is 6.25. The van der Waals surface area contributed by atoms with Crippen LogP contribution >= 0.6 is 11.6 Å². The zero-order valence-electron chi connectivity index (χ0n) is 11.0. The molecule has 0 radical (unpaired) electrons. The van der Waals surface area contributed by atoms with E-state index in [0.29, 0.717) is 11.3 Å². The van der Waals surface area contributed by atoms with E-state index in [1.807, 2.05) is 6.92 Å². The number of benzene rings is 2. The summed E-state index contributed by atoms with van der Waals surface area (Å²) in [4.78, 5) is 11.6. The molecule has 0 amide bonds. The van der Waals surface area contributed by atoms with E-state index in [-0.39, 0.29) is 5.02 Å². The van der Waals surface area contributed by atoms with Crippen LogP contribution in [0.2, 0.25) is 5.02 Å². The lowest BCUT2D eigenvalue weighted by molar-refractivity contribution is 0.0602. The van der Waals surface area contributed by atoms with Crippen LogP contribution < -0.4 is 5.73 Å². The van der Waals surface area contributed by atoms with Crippen LogP contribution in [0.15, 0.2) is 30.3 Å². The molecule has 0 atom stereocenters. The highest BCUT2D eigenvalue weighted by molar-refractivity contribution is 6.31. The van der Waals surface area contributed by atoms with Gasteiger partial charge in [-0.2, -0.15) is 0 Å². The fourth-order valence-corrected chi connectivity index (χ4v) is 2.17. The Balaban J connectivity index is 2.55. The largest absolute Gasteiger partial charge is 0.465 e. The van der Waals surface area contributed by atoms with Gasteiger partial charge >= 0.3 is 5.97 Å². The first kappa shape index (κ1) is 14.3. The molecule has 2 rings (SSSR count). The summed E-state index contributed by atoms with van der Waals surface area (Å²) in [6.07, 6.45) is 0. The molecule has 104 valence electrons. The molecule has 5 heteroatoms. The Bertz CT molecular complexity index is 686. The second kappa shape index (κ2) is 5.51. The predicted octanol–water partition coefficient (Wildman–Crippen LogP) is 3.82. The molecule has 0 unspecified atom stereocenters. The van der Waals surface area contributed by atoms with Gasteiger partial charge in [-0.1, -0.05) is 17.7 Å². The molecular formula is C15H13ClFNO2. The minimum atomic E-state index is -0.491. The molecular weight excluding hydrogens is 281 g/mol. The van der Waals surface area contributed by atoms with Crippen LogP contribution in [-0.4, -0.2) is 13.1 Å². The topological polar surface area (TPSA) is 52.3 Å². The summed E-state index contributed by atoms with van der Waals surface area (Å²) in [6.45, 7) is 1.83. The number of carbonyl (C=O) groups excluding carboxylic acids is 1. The zero-order valence-corrected chi connectivity index (χ0v) is 11.8. The van der Waals surface area contributed by atoms with E-state index in [2.05, 4.69) is 4.74 Å². The van der Waals surface area contributed by atoms with Crippen LogP contribution in [-0.2, 0) is 4.74 Å². The maximum atomic E-state index is 13.2. The van der Waals surface area contributed by atoms with Gasteiger partial charge in [-0.15, -0.1) is 0 Å². The van der Waals surface area contributed by atoms with Gasteiger partial charge < -0.3 is 10.5 Å². The number of ether oxygens (including phenoxy) is 1. The van der Waals surface area contributed by atoms with E-state index < -0.39 is 11.8 Å². The monoisotopic (exact) mass is 293 g/mol. The number of anilines is 1. The van der Waals surface area contributed by atoms with Crippen LogP contribution in [0.3, 0.4) is 0 Å². The number of hydrogen-bond acceptors (Lipinski definition) is 3. The van der Waals surface area contributed by atoms with Gasteiger partial charge in [-0.25, -0.2) is 9.18 Å². The van der Waals surface area contributed by atoms with Gasteiger partial charge in [-0.3, -0.25) is 0 Å². The predicted molar refractivity (Wildman–Crippen MR) is 77.3 cm³/mol. The highest BCUT2D eigenvalue weighted by atomic mass is 35.5. The molecule has 0 heterocycles. The number of rotatable bonds is 2. The summed E-state index contributed by atoms with van der Waals surface area (Å²) in [6, 6.07) is 7.73. The molecule has 0 spiro atoms. The Morgan fingerprint density at radius 1 is 1.30 bits per heavy atom. The van der Waals surface area contributed by atoms with Crippen LogP contribution in [0.1, 0.15) is 15.9 Å². The standard InChI is InChI=1S/C15H13ClFNO2/c1-8-5-11(15(19)20-2)14(18)7-10(8)9-3-4-13(17)12(16)6-9/h3-7H,18H2,1-2H3. The summed E-state index contributed by atoms with van der Waals surface area (Å²) >= 11 is 5.78. The van der Waals surface area contributed by atoms with Gasteiger partial charge in [0.25, 0.3) is 0 Å². The average molecular weight is 294 g/mol. The molecule has 0 saturated carbocycles. The number of carbonyl (C=O) groups is 1. The zero-order chi connectivity index (χ0) is 14.9. The maximum Gasteiger partial charge on any atom is 0.339 e. The van der Waals surface area contributed by atoms with E-state index in [1.54, 1.807) is 18.2 Å². The number of aryl methyl sites for hydroxylation is 1. The SMILES string of the molecule is COC(=O)c1cc(C)c(-c2ccc(F)c(Cl)c2)cc1N. The summed E-state index contributed by atoms with van der Waals surface area (Å²) in [5, 5.41) is 0.0394. The molecule has 2 N–H and O–H groups in total. The molecule has 0 aliphatic rings. The number of nitrogens with two attached hydrogens (primary N) is 1. The lowest BCUT2D eigenvalue weighted by Crippen LogP contribution is -2.06. The Morgan fingerprint density at radius 3 is 2.60 bits per heavy atom. The van der Waals surface area contributed by atoms with E-state index in [9.17, 15) is 9.18 Å². The molecule has 0 aliphatic heterocycles. The summed E-state index contributed by atoms with van der Waals surface area (Å²) in [5.74, 6) is -0.971. The second-order valence-corrected chi connectivity index (χ2v) is 4.78. The molecule has 0 saturated heterocycles. The lowest BCUT2D eigenvalue weighted by atomic mass is 9.97. The number of nitrogen functional groups attached to an aromatic ring is 1. The Kier molecular flexibility index (Phi) is 3.95. The molecule has 20 heavy (non-hydrogen) atoms. The third-order valence-corrected chi connectivity index (χ3v) is 3.32. The maximum absolute atomic E-state index is 13.2. The van der Waals surface area contributed by atoms with Crippen molar-refractivity contribution in [2.24, 2.45) is 0 Å². The van der Waals surface area contributed by atoms with Crippen LogP contribution in [0.5, 0.6) is 0 Å². The summed E-state index contributed by atoms with van der Waals surface area (Å²) in [7, 11) is 1.30. The average Bonchev–Trinajstić information content (AvgIpc) is 2.43. The molecule has 3 nitrogen and oxygen atoms in total.